The van der Waals surface area contributed by atoms with Crippen molar-refractivity contribution in [2.45, 2.75) is 33.6 Å². The fourth-order valence-corrected chi connectivity index (χ4v) is 1.67. The van der Waals surface area contributed by atoms with Crippen molar-refractivity contribution >= 4 is 0 Å². The molecule has 0 aliphatic heterocycles. The molecule has 0 aromatic rings. The minimum Gasteiger partial charge on any atom is -0.328 e. The molecule has 0 bridgehead atoms. The molecule has 11 heavy (non-hydrogen) atoms. The van der Waals surface area contributed by atoms with Gasteiger partial charge in [-0.05, 0) is 12.8 Å². The van der Waals surface area contributed by atoms with Gasteiger partial charge >= 0.3 is 0 Å². The van der Waals surface area contributed by atoms with Crippen LogP contribution in [0.4, 0.5) is 0 Å². The Bertz CT molecular complexity index is 97.0. The van der Waals surface area contributed by atoms with Crippen LogP contribution in [0.2, 0.25) is 0 Å². The van der Waals surface area contributed by atoms with Gasteiger partial charge in [-0.3, -0.25) is 0 Å². The lowest BCUT2D eigenvalue weighted by Crippen LogP contribution is -2.43. The van der Waals surface area contributed by atoms with Gasteiger partial charge in [0.15, 0.2) is 0 Å². The topological polar surface area (TPSA) is 0 Å². The molecular weight excluding hydrogens is 134 g/mol. The molecule has 0 amide bonds. The Morgan fingerprint density at radius 2 is 1.73 bits per heavy atom. The van der Waals surface area contributed by atoms with Crippen molar-refractivity contribution in [3.8, 4) is 0 Å². The Labute approximate surface area is 72.0 Å². The molecule has 0 aliphatic rings. The average molecular weight is 158 g/mol. The molecule has 0 unspecified atom stereocenters. The Morgan fingerprint density at radius 3 is 2.09 bits per heavy atom. The van der Waals surface area contributed by atoms with E-state index in [2.05, 4.69) is 34.9 Å². The van der Waals surface area contributed by atoms with Crippen molar-refractivity contribution in [2.75, 3.05) is 27.2 Å². The third-order valence-corrected chi connectivity index (χ3v) is 2.33. The first-order valence-corrected chi connectivity index (χ1v) is 4.83. The van der Waals surface area contributed by atoms with Gasteiger partial charge in [0.2, 0.25) is 0 Å². The van der Waals surface area contributed by atoms with E-state index in [0.29, 0.717) is 0 Å². The lowest BCUT2D eigenvalue weighted by Gasteiger charge is -2.31. The van der Waals surface area contributed by atoms with E-state index >= 15 is 0 Å². The van der Waals surface area contributed by atoms with Gasteiger partial charge in [-0.1, -0.05) is 20.8 Å². The summed E-state index contributed by atoms with van der Waals surface area (Å²) >= 11 is 0. The highest BCUT2D eigenvalue weighted by molar-refractivity contribution is 4.46. The molecule has 0 rings (SSSR count). The van der Waals surface area contributed by atoms with Crippen LogP contribution in [0, 0.1) is 5.92 Å². The Kier molecular flexibility index (Phi) is 4.74. The molecule has 0 fully saturated rings. The Balaban J connectivity index is 3.70. The van der Waals surface area contributed by atoms with Crippen molar-refractivity contribution in [2.24, 2.45) is 5.92 Å². The van der Waals surface area contributed by atoms with E-state index in [-0.39, 0.29) is 0 Å². The second-order valence-electron chi connectivity index (χ2n) is 4.36. The summed E-state index contributed by atoms with van der Waals surface area (Å²) in [4.78, 5) is 0. The second-order valence-corrected chi connectivity index (χ2v) is 4.36. The third-order valence-electron chi connectivity index (χ3n) is 2.33. The zero-order chi connectivity index (χ0) is 8.91. The molecule has 0 radical (unpaired) electrons. The molecule has 68 valence electrons. The van der Waals surface area contributed by atoms with E-state index in [1.165, 1.54) is 30.4 Å². The van der Waals surface area contributed by atoms with Gasteiger partial charge in [0, 0.05) is 5.92 Å². The summed E-state index contributed by atoms with van der Waals surface area (Å²) in [6, 6.07) is 0. The predicted octanol–water partition coefficient (Wildman–Crippen LogP) is 2.52. The van der Waals surface area contributed by atoms with Gasteiger partial charge in [0.1, 0.15) is 0 Å². The van der Waals surface area contributed by atoms with Gasteiger partial charge in [0.05, 0.1) is 27.2 Å². The minimum atomic E-state index is 0.872. The highest BCUT2D eigenvalue weighted by Gasteiger charge is 2.16. The van der Waals surface area contributed by atoms with E-state index in [0.717, 1.165) is 5.92 Å². The Morgan fingerprint density at radius 1 is 1.18 bits per heavy atom. The largest absolute Gasteiger partial charge is 0.328 e. The highest BCUT2D eigenvalue weighted by atomic mass is 15.3. The van der Waals surface area contributed by atoms with Crippen LogP contribution in [0.25, 0.3) is 0 Å². The SMILES string of the molecule is CCC[N+](C)(C)C[C@H](C)CC. The number of hydrogen-bond acceptors (Lipinski definition) is 0. The number of rotatable bonds is 5. The van der Waals surface area contributed by atoms with Crippen LogP contribution in [0.15, 0.2) is 0 Å². The zero-order valence-corrected chi connectivity index (χ0v) is 8.85. The summed E-state index contributed by atoms with van der Waals surface area (Å²) in [5.41, 5.74) is 0. The summed E-state index contributed by atoms with van der Waals surface area (Å²) in [5.74, 6) is 0.872. The molecule has 0 saturated heterocycles. The summed E-state index contributed by atoms with van der Waals surface area (Å²) < 4.78 is 1.19. The first-order valence-electron chi connectivity index (χ1n) is 4.83. The molecule has 1 heteroatoms. The van der Waals surface area contributed by atoms with Crippen LogP contribution in [-0.4, -0.2) is 31.7 Å². The van der Waals surface area contributed by atoms with Crippen LogP contribution in [0.5, 0.6) is 0 Å². The molecule has 0 aromatic heterocycles. The molecule has 0 N–H and O–H groups in total. The van der Waals surface area contributed by atoms with Gasteiger partial charge in [0.25, 0.3) is 0 Å². The summed E-state index contributed by atoms with van der Waals surface area (Å²) in [5, 5.41) is 0. The minimum absolute atomic E-state index is 0.872. The van der Waals surface area contributed by atoms with Gasteiger partial charge in [-0.2, -0.15) is 0 Å². The molecule has 1 atom stereocenters. The predicted molar refractivity (Wildman–Crippen MR) is 51.6 cm³/mol. The van der Waals surface area contributed by atoms with Crippen LogP contribution >= 0.6 is 0 Å². The second kappa shape index (κ2) is 4.76. The quantitative estimate of drug-likeness (QED) is 0.539. The average Bonchev–Trinajstić information content (AvgIpc) is 1.86. The van der Waals surface area contributed by atoms with Gasteiger partial charge in [-0.25, -0.2) is 0 Å². The number of hydrogen-bond donors (Lipinski definition) is 0. The first kappa shape index (κ1) is 11.0. The maximum atomic E-state index is 2.34. The van der Waals surface area contributed by atoms with Crippen LogP contribution < -0.4 is 0 Å². The monoisotopic (exact) mass is 158 g/mol. The molecule has 0 aliphatic carbocycles. The van der Waals surface area contributed by atoms with E-state index in [9.17, 15) is 0 Å². The van der Waals surface area contributed by atoms with E-state index in [1.807, 2.05) is 0 Å². The van der Waals surface area contributed by atoms with Crippen molar-refractivity contribution in [3.63, 3.8) is 0 Å². The fraction of sp³-hybridized carbons (Fsp3) is 1.00. The lowest BCUT2D eigenvalue weighted by molar-refractivity contribution is -0.893. The van der Waals surface area contributed by atoms with E-state index in [1.54, 1.807) is 0 Å². The fourth-order valence-electron chi connectivity index (χ4n) is 1.67. The van der Waals surface area contributed by atoms with Gasteiger partial charge < -0.3 is 4.48 Å². The normalized spacial score (nSPS) is 15.0. The van der Waals surface area contributed by atoms with Crippen molar-refractivity contribution < 1.29 is 4.48 Å². The third kappa shape index (κ3) is 5.25. The highest BCUT2D eigenvalue weighted by Crippen LogP contribution is 2.08. The van der Waals surface area contributed by atoms with Crippen molar-refractivity contribution in [1.29, 1.82) is 0 Å². The maximum absolute atomic E-state index is 2.34. The van der Waals surface area contributed by atoms with E-state index < -0.39 is 0 Å². The number of nitrogens with zero attached hydrogens (tertiary/aromatic N) is 1. The van der Waals surface area contributed by atoms with Crippen LogP contribution in [-0.2, 0) is 0 Å². The summed E-state index contributed by atoms with van der Waals surface area (Å²) in [6.45, 7) is 9.51. The van der Waals surface area contributed by atoms with Crippen LogP contribution in [0.1, 0.15) is 33.6 Å². The van der Waals surface area contributed by atoms with Crippen molar-refractivity contribution in [3.05, 3.63) is 0 Å². The molecular formula is C10H24N+. The summed E-state index contributed by atoms with van der Waals surface area (Å²) in [7, 11) is 4.66. The smallest absolute Gasteiger partial charge is 0.0808 e. The molecule has 0 saturated carbocycles. The van der Waals surface area contributed by atoms with Crippen molar-refractivity contribution in [1.82, 2.24) is 0 Å². The summed E-state index contributed by atoms with van der Waals surface area (Å²) in [6.07, 6.45) is 2.61. The molecule has 0 spiro atoms. The van der Waals surface area contributed by atoms with Crippen LogP contribution in [0.3, 0.4) is 0 Å². The van der Waals surface area contributed by atoms with E-state index in [4.69, 9.17) is 0 Å². The molecule has 1 nitrogen and oxygen atoms in total. The molecule has 0 aromatic carbocycles. The standard InChI is InChI=1S/C10H24N/c1-6-8-11(4,5)9-10(3)7-2/h10H,6-9H2,1-5H3/q+1/t10-/m1/s1. The maximum Gasteiger partial charge on any atom is 0.0808 e. The number of quaternary nitrogens is 1. The molecule has 0 heterocycles. The zero-order valence-electron chi connectivity index (χ0n) is 8.85. The lowest BCUT2D eigenvalue weighted by atomic mass is 10.1. The Hall–Kier alpha value is -0.0400. The van der Waals surface area contributed by atoms with Gasteiger partial charge in [-0.15, -0.1) is 0 Å². The first-order chi connectivity index (χ1) is 5.02.